The highest BCUT2D eigenvalue weighted by molar-refractivity contribution is 5.69. The van der Waals surface area contributed by atoms with E-state index in [2.05, 4.69) is 6.07 Å². The monoisotopic (exact) mass is 227 g/mol. The summed E-state index contributed by atoms with van der Waals surface area (Å²) in [6.07, 6.45) is 1.31. The summed E-state index contributed by atoms with van der Waals surface area (Å²) in [6, 6.07) is 2.09. The van der Waals surface area contributed by atoms with Gasteiger partial charge in [0.2, 0.25) is 0 Å². The molecule has 1 aliphatic rings. The smallest absolute Gasteiger partial charge is 0.306 e. The third kappa shape index (κ3) is 4.60. The van der Waals surface area contributed by atoms with E-state index in [0.29, 0.717) is 32.8 Å². The van der Waals surface area contributed by atoms with Crippen LogP contribution in [0.5, 0.6) is 0 Å². The molecule has 5 heteroatoms. The Labute approximate surface area is 95.3 Å². The Balaban J connectivity index is 2.34. The molecule has 0 bridgehead atoms. The Morgan fingerprint density at radius 3 is 3.06 bits per heavy atom. The molecule has 0 spiro atoms. The molecule has 5 nitrogen and oxygen atoms in total. The summed E-state index contributed by atoms with van der Waals surface area (Å²) >= 11 is 0. The van der Waals surface area contributed by atoms with Gasteiger partial charge in [0.15, 0.2) is 0 Å². The third-order valence-electron chi connectivity index (χ3n) is 2.43. The van der Waals surface area contributed by atoms with E-state index in [9.17, 15) is 4.79 Å². The van der Waals surface area contributed by atoms with Gasteiger partial charge in [-0.05, 0) is 19.3 Å². The molecule has 16 heavy (non-hydrogen) atoms. The number of nitrogens with zero attached hydrogens (tertiary/aromatic N) is 1. The van der Waals surface area contributed by atoms with Crippen LogP contribution in [-0.2, 0) is 19.0 Å². The number of carbonyl (C=O) groups excluding carboxylic acids is 1. The zero-order valence-corrected chi connectivity index (χ0v) is 9.48. The second-order valence-corrected chi connectivity index (χ2v) is 3.75. The van der Waals surface area contributed by atoms with Gasteiger partial charge < -0.3 is 14.2 Å². The van der Waals surface area contributed by atoms with Gasteiger partial charge in [-0.3, -0.25) is 4.79 Å². The lowest BCUT2D eigenvalue weighted by molar-refractivity contribution is -0.144. The first-order chi connectivity index (χ1) is 7.76. The maximum Gasteiger partial charge on any atom is 0.306 e. The van der Waals surface area contributed by atoms with Gasteiger partial charge in [-0.2, -0.15) is 5.26 Å². The summed E-state index contributed by atoms with van der Waals surface area (Å²) in [5.74, 6) is -0.252. The normalized spacial score (nSPS) is 21.4. The minimum Gasteiger partial charge on any atom is -0.466 e. The largest absolute Gasteiger partial charge is 0.466 e. The molecule has 1 heterocycles. The van der Waals surface area contributed by atoms with Crippen molar-refractivity contribution < 1.29 is 19.0 Å². The van der Waals surface area contributed by atoms with Gasteiger partial charge in [0.1, 0.15) is 6.79 Å². The Morgan fingerprint density at radius 2 is 2.50 bits per heavy atom. The molecule has 0 aromatic rings. The quantitative estimate of drug-likeness (QED) is 0.638. The predicted octanol–water partition coefficient (Wildman–Crippen LogP) is 1.23. The van der Waals surface area contributed by atoms with Crippen molar-refractivity contribution in [1.29, 1.82) is 5.26 Å². The Morgan fingerprint density at radius 1 is 1.69 bits per heavy atom. The summed E-state index contributed by atoms with van der Waals surface area (Å²) in [7, 11) is 0. The van der Waals surface area contributed by atoms with Crippen molar-refractivity contribution in [2.75, 3.05) is 20.0 Å². The molecule has 90 valence electrons. The minimum atomic E-state index is -0.248. The molecule has 0 aromatic carbocycles. The number of nitriles is 1. The highest BCUT2D eigenvalue weighted by atomic mass is 16.7. The standard InChI is InChI=1S/C11H17NO4/c1-2-15-11(13)6-9(3-4-12)5-10-7-14-8-16-10/h9-10H,2-3,5-8H2,1H3. The van der Waals surface area contributed by atoms with Gasteiger partial charge >= 0.3 is 5.97 Å². The molecule has 1 aliphatic heterocycles. The highest BCUT2D eigenvalue weighted by Crippen LogP contribution is 2.20. The fourth-order valence-corrected chi connectivity index (χ4v) is 1.70. The van der Waals surface area contributed by atoms with Crippen LogP contribution >= 0.6 is 0 Å². The van der Waals surface area contributed by atoms with Crippen LogP contribution in [0, 0.1) is 17.2 Å². The summed E-state index contributed by atoms with van der Waals surface area (Å²) < 4.78 is 15.2. The number of ether oxygens (including phenoxy) is 3. The van der Waals surface area contributed by atoms with Crippen molar-refractivity contribution in [3.8, 4) is 6.07 Å². The van der Waals surface area contributed by atoms with Crippen molar-refractivity contribution in [1.82, 2.24) is 0 Å². The maximum absolute atomic E-state index is 11.3. The topological polar surface area (TPSA) is 68.6 Å². The van der Waals surface area contributed by atoms with Crippen molar-refractivity contribution in [2.24, 2.45) is 5.92 Å². The van der Waals surface area contributed by atoms with Crippen molar-refractivity contribution >= 4 is 5.97 Å². The van der Waals surface area contributed by atoms with E-state index >= 15 is 0 Å². The van der Waals surface area contributed by atoms with Crippen LogP contribution in [0.15, 0.2) is 0 Å². The molecule has 0 amide bonds. The number of hydrogen-bond donors (Lipinski definition) is 0. The molecule has 0 aliphatic carbocycles. The maximum atomic E-state index is 11.3. The zero-order chi connectivity index (χ0) is 11.8. The van der Waals surface area contributed by atoms with Gasteiger partial charge in [0, 0.05) is 12.8 Å². The number of hydrogen-bond acceptors (Lipinski definition) is 5. The molecule has 0 radical (unpaired) electrons. The molecule has 1 fully saturated rings. The summed E-state index contributed by atoms with van der Waals surface area (Å²) in [4.78, 5) is 11.3. The summed E-state index contributed by atoms with van der Waals surface area (Å²) in [5, 5.41) is 8.68. The fourth-order valence-electron chi connectivity index (χ4n) is 1.70. The Kier molecular flexibility index (Phi) is 5.83. The minimum absolute atomic E-state index is 0.00394. The second-order valence-electron chi connectivity index (χ2n) is 3.75. The Hall–Kier alpha value is -1.12. The van der Waals surface area contributed by atoms with E-state index in [-0.39, 0.29) is 24.4 Å². The third-order valence-corrected chi connectivity index (χ3v) is 2.43. The second kappa shape index (κ2) is 7.20. The first-order valence-corrected chi connectivity index (χ1v) is 5.48. The average molecular weight is 227 g/mol. The average Bonchev–Trinajstić information content (AvgIpc) is 2.71. The number of carbonyl (C=O) groups is 1. The first kappa shape index (κ1) is 12.9. The lowest BCUT2D eigenvalue weighted by atomic mass is 9.95. The molecule has 0 aromatic heterocycles. The Bertz CT molecular complexity index is 255. The fraction of sp³-hybridized carbons (Fsp3) is 0.818. The molecule has 0 N–H and O–H groups in total. The molecule has 2 unspecified atom stereocenters. The van der Waals surface area contributed by atoms with E-state index in [1.807, 2.05) is 0 Å². The lowest BCUT2D eigenvalue weighted by Gasteiger charge is -2.15. The molecule has 0 saturated carbocycles. The summed E-state index contributed by atoms with van der Waals surface area (Å²) in [6.45, 7) is 3.00. The van der Waals surface area contributed by atoms with Crippen molar-refractivity contribution in [2.45, 2.75) is 32.3 Å². The van der Waals surface area contributed by atoms with Gasteiger partial charge in [0.25, 0.3) is 0 Å². The van der Waals surface area contributed by atoms with E-state index < -0.39 is 0 Å². The van der Waals surface area contributed by atoms with E-state index in [0.717, 1.165) is 0 Å². The first-order valence-electron chi connectivity index (χ1n) is 5.48. The van der Waals surface area contributed by atoms with Crippen LogP contribution in [-0.4, -0.2) is 32.1 Å². The number of rotatable bonds is 6. The zero-order valence-electron chi connectivity index (χ0n) is 9.48. The van der Waals surface area contributed by atoms with Crippen molar-refractivity contribution in [3.05, 3.63) is 0 Å². The molecule has 2 atom stereocenters. The van der Waals surface area contributed by atoms with Crippen LogP contribution in [0.2, 0.25) is 0 Å². The van der Waals surface area contributed by atoms with Crippen LogP contribution in [0.25, 0.3) is 0 Å². The van der Waals surface area contributed by atoms with Crippen LogP contribution in [0.4, 0.5) is 0 Å². The van der Waals surface area contributed by atoms with Crippen molar-refractivity contribution in [3.63, 3.8) is 0 Å². The molecular weight excluding hydrogens is 210 g/mol. The summed E-state index contributed by atoms with van der Waals surface area (Å²) in [5.41, 5.74) is 0. The molecular formula is C11H17NO4. The van der Waals surface area contributed by atoms with E-state index in [1.54, 1.807) is 6.92 Å². The van der Waals surface area contributed by atoms with Gasteiger partial charge in [0.05, 0.1) is 25.4 Å². The van der Waals surface area contributed by atoms with E-state index in [1.165, 1.54) is 0 Å². The lowest BCUT2D eigenvalue weighted by Crippen LogP contribution is -2.19. The van der Waals surface area contributed by atoms with Gasteiger partial charge in [-0.25, -0.2) is 0 Å². The van der Waals surface area contributed by atoms with Gasteiger partial charge in [-0.1, -0.05) is 0 Å². The van der Waals surface area contributed by atoms with E-state index in [4.69, 9.17) is 19.5 Å². The van der Waals surface area contributed by atoms with Crippen LogP contribution in [0.1, 0.15) is 26.2 Å². The molecule has 1 rings (SSSR count). The number of esters is 1. The van der Waals surface area contributed by atoms with Crippen LogP contribution in [0.3, 0.4) is 0 Å². The SMILES string of the molecule is CCOC(=O)CC(CC#N)CC1COCO1. The highest BCUT2D eigenvalue weighted by Gasteiger charge is 2.23. The predicted molar refractivity (Wildman–Crippen MR) is 55.3 cm³/mol. The van der Waals surface area contributed by atoms with Crippen LogP contribution < -0.4 is 0 Å². The molecule has 1 saturated heterocycles. The van der Waals surface area contributed by atoms with Gasteiger partial charge in [-0.15, -0.1) is 0 Å².